The molecule has 0 aromatic heterocycles. The molecule has 1 saturated heterocycles. The second-order valence-electron chi connectivity index (χ2n) is 7.84. The van der Waals surface area contributed by atoms with E-state index in [0.29, 0.717) is 18.6 Å². The van der Waals surface area contributed by atoms with Gasteiger partial charge in [-0.05, 0) is 46.2 Å². The van der Waals surface area contributed by atoms with Crippen LogP contribution in [0.25, 0.3) is 0 Å². The highest BCUT2D eigenvalue weighted by Gasteiger charge is 2.36. The van der Waals surface area contributed by atoms with Gasteiger partial charge >= 0.3 is 12.1 Å². The second-order valence-corrected chi connectivity index (χ2v) is 7.84. The maximum absolute atomic E-state index is 12.6. The van der Waals surface area contributed by atoms with Crippen LogP contribution in [-0.4, -0.2) is 48.6 Å². The van der Waals surface area contributed by atoms with Gasteiger partial charge in [0, 0.05) is 13.0 Å². The van der Waals surface area contributed by atoms with Crippen molar-refractivity contribution < 1.29 is 28.5 Å². The molecule has 1 N–H and O–H groups in total. The monoisotopic (exact) mass is 393 g/mol. The Hall–Kier alpha value is -2.28. The molecule has 1 heterocycles. The maximum atomic E-state index is 12.6. The van der Waals surface area contributed by atoms with Crippen LogP contribution >= 0.6 is 0 Å². The van der Waals surface area contributed by atoms with Crippen molar-refractivity contribution in [1.29, 1.82) is 0 Å². The number of nitrogens with one attached hydrogen (secondary N) is 1. The van der Waals surface area contributed by atoms with Gasteiger partial charge in [-0.2, -0.15) is 0 Å². The molecule has 1 amide bonds. The number of alkyl carbamates (subject to hydrolysis) is 1. The van der Waals surface area contributed by atoms with E-state index in [9.17, 15) is 9.59 Å². The largest absolute Gasteiger partial charge is 0.484 e. The third-order valence-electron chi connectivity index (χ3n) is 4.26. The third kappa shape index (κ3) is 6.71. The Labute approximate surface area is 166 Å². The molecule has 0 unspecified atom stereocenters. The molecule has 0 spiro atoms. The number of ether oxygens (including phenoxy) is 4. The molecule has 0 radical (unpaired) electrons. The highest BCUT2D eigenvalue weighted by Crippen LogP contribution is 2.22. The first kappa shape index (κ1) is 22.0. The van der Waals surface area contributed by atoms with Crippen LogP contribution in [0.15, 0.2) is 30.3 Å². The first-order valence-corrected chi connectivity index (χ1v) is 9.73. The van der Waals surface area contributed by atoms with Gasteiger partial charge in [0.2, 0.25) is 0 Å². The lowest BCUT2D eigenvalue weighted by molar-refractivity contribution is -0.157. The average Bonchev–Trinajstić information content (AvgIpc) is 2.66. The standard InChI is InChI=1S/C21H31NO6/c1-6-17-18(27-15-10-8-7-9-11-15)14(2)26-19(23)16(12-13-25-17)22-20(24)28-21(3,4)5/h7-11,14,16-18H,6,12-13H2,1-5H3,(H,22,24)/t14-,16-,17+,18-/m0/s1. The summed E-state index contributed by atoms with van der Waals surface area (Å²) >= 11 is 0. The number of esters is 1. The smallest absolute Gasteiger partial charge is 0.408 e. The summed E-state index contributed by atoms with van der Waals surface area (Å²) in [6.07, 6.45) is -0.938. The summed E-state index contributed by atoms with van der Waals surface area (Å²) in [6, 6.07) is 8.51. The molecule has 0 bridgehead atoms. The fraction of sp³-hybridized carbons (Fsp3) is 0.619. The Bertz CT molecular complexity index is 642. The van der Waals surface area contributed by atoms with Crippen molar-refractivity contribution in [3.05, 3.63) is 30.3 Å². The van der Waals surface area contributed by atoms with Crippen LogP contribution in [0.3, 0.4) is 0 Å². The van der Waals surface area contributed by atoms with Gasteiger partial charge in [0.15, 0.2) is 6.10 Å². The molecule has 7 heteroatoms. The SMILES string of the molecule is CC[C@H]1OCC[C@H](NC(=O)OC(C)(C)C)C(=O)O[C@@H](C)[C@@H]1Oc1ccccc1. The molecule has 1 aromatic carbocycles. The van der Waals surface area contributed by atoms with Crippen molar-refractivity contribution in [2.24, 2.45) is 0 Å². The molecule has 1 aromatic rings. The van der Waals surface area contributed by atoms with Gasteiger partial charge in [0.05, 0.1) is 6.10 Å². The first-order valence-electron chi connectivity index (χ1n) is 9.73. The summed E-state index contributed by atoms with van der Waals surface area (Å²) < 4.78 is 22.9. The number of rotatable bonds is 4. The Balaban J connectivity index is 2.10. The average molecular weight is 393 g/mol. The van der Waals surface area contributed by atoms with Gasteiger partial charge in [-0.15, -0.1) is 0 Å². The topological polar surface area (TPSA) is 83.1 Å². The third-order valence-corrected chi connectivity index (χ3v) is 4.26. The zero-order valence-electron chi connectivity index (χ0n) is 17.3. The van der Waals surface area contributed by atoms with E-state index in [-0.39, 0.29) is 12.7 Å². The van der Waals surface area contributed by atoms with Crippen molar-refractivity contribution in [3.8, 4) is 5.75 Å². The van der Waals surface area contributed by atoms with Crippen LogP contribution < -0.4 is 10.1 Å². The molecule has 28 heavy (non-hydrogen) atoms. The van der Waals surface area contributed by atoms with E-state index in [1.165, 1.54) is 0 Å². The van der Waals surface area contributed by atoms with Crippen LogP contribution in [0.4, 0.5) is 4.79 Å². The highest BCUT2D eigenvalue weighted by molar-refractivity contribution is 5.81. The predicted molar refractivity (Wildman–Crippen MR) is 104 cm³/mol. The van der Waals surface area contributed by atoms with Crippen molar-refractivity contribution in [2.75, 3.05) is 6.61 Å². The Morgan fingerprint density at radius 2 is 1.93 bits per heavy atom. The summed E-state index contributed by atoms with van der Waals surface area (Å²) in [5.74, 6) is 0.153. The summed E-state index contributed by atoms with van der Waals surface area (Å²) in [5.41, 5.74) is -0.655. The van der Waals surface area contributed by atoms with Crippen LogP contribution in [0.2, 0.25) is 0 Å². The maximum Gasteiger partial charge on any atom is 0.408 e. The molecule has 0 saturated carbocycles. The highest BCUT2D eigenvalue weighted by atomic mass is 16.6. The van der Waals surface area contributed by atoms with Crippen molar-refractivity contribution in [3.63, 3.8) is 0 Å². The molecular formula is C21H31NO6. The molecule has 1 aliphatic heterocycles. The number of para-hydroxylation sites is 1. The zero-order chi connectivity index (χ0) is 20.7. The molecule has 4 atom stereocenters. The second kappa shape index (κ2) is 9.78. The van der Waals surface area contributed by atoms with Crippen LogP contribution in [0.1, 0.15) is 47.5 Å². The molecule has 156 valence electrons. The summed E-state index contributed by atoms with van der Waals surface area (Å²) in [6.45, 7) is 9.33. The minimum absolute atomic E-state index is 0.247. The Kier molecular flexibility index (Phi) is 7.69. The van der Waals surface area contributed by atoms with E-state index >= 15 is 0 Å². The number of amides is 1. The molecule has 2 rings (SSSR count). The van der Waals surface area contributed by atoms with E-state index in [2.05, 4.69) is 5.32 Å². The number of benzene rings is 1. The number of carbonyl (C=O) groups is 2. The predicted octanol–water partition coefficient (Wildman–Crippen LogP) is 3.46. The molecule has 1 aliphatic rings. The molecule has 1 fully saturated rings. The molecule has 7 nitrogen and oxygen atoms in total. The quantitative estimate of drug-likeness (QED) is 0.789. The minimum atomic E-state index is -0.842. The van der Waals surface area contributed by atoms with Gasteiger partial charge in [0.25, 0.3) is 0 Å². The van der Waals surface area contributed by atoms with Gasteiger partial charge in [-0.1, -0.05) is 25.1 Å². The lowest BCUT2D eigenvalue weighted by Crippen LogP contribution is -2.47. The van der Waals surface area contributed by atoms with Crippen LogP contribution in [0.5, 0.6) is 5.75 Å². The Morgan fingerprint density at radius 3 is 2.54 bits per heavy atom. The van der Waals surface area contributed by atoms with Gasteiger partial charge in [-0.25, -0.2) is 9.59 Å². The summed E-state index contributed by atoms with van der Waals surface area (Å²) in [4.78, 5) is 24.7. The molecule has 0 aliphatic carbocycles. The number of cyclic esters (lactones) is 1. The normalized spacial score (nSPS) is 26.2. The zero-order valence-corrected chi connectivity index (χ0v) is 17.3. The van der Waals surface area contributed by atoms with Crippen molar-refractivity contribution in [1.82, 2.24) is 5.32 Å². The van der Waals surface area contributed by atoms with E-state index in [0.717, 1.165) is 0 Å². The number of carbonyl (C=O) groups excluding carboxylic acids is 2. The lowest BCUT2D eigenvalue weighted by Gasteiger charge is -2.30. The molecular weight excluding hydrogens is 362 g/mol. The summed E-state index contributed by atoms with van der Waals surface area (Å²) in [7, 11) is 0. The summed E-state index contributed by atoms with van der Waals surface area (Å²) in [5, 5.41) is 2.58. The van der Waals surface area contributed by atoms with E-state index in [1.807, 2.05) is 37.3 Å². The fourth-order valence-electron chi connectivity index (χ4n) is 2.94. The van der Waals surface area contributed by atoms with Crippen LogP contribution in [0, 0.1) is 0 Å². The minimum Gasteiger partial charge on any atom is -0.484 e. The Morgan fingerprint density at radius 1 is 1.25 bits per heavy atom. The van der Waals surface area contributed by atoms with Crippen molar-refractivity contribution in [2.45, 2.75) is 77.4 Å². The first-order chi connectivity index (χ1) is 13.2. The number of hydrogen-bond donors (Lipinski definition) is 1. The van der Waals surface area contributed by atoms with E-state index in [1.54, 1.807) is 27.7 Å². The van der Waals surface area contributed by atoms with E-state index < -0.39 is 35.9 Å². The van der Waals surface area contributed by atoms with Gasteiger partial charge in [-0.3, -0.25) is 0 Å². The fourth-order valence-corrected chi connectivity index (χ4v) is 2.94. The van der Waals surface area contributed by atoms with E-state index in [4.69, 9.17) is 18.9 Å². The van der Waals surface area contributed by atoms with Crippen molar-refractivity contribution >= 4 is 12.1 Å². The lowest BCUT2D eigenvalue weighted by atomic mass is 10.1. The van der Waals surface area contributed by atoms with Crippen LogP contribution in [-0.2, 0) is 19.0 Å². The number of hydrogen-bond acceptors (Lipinski definition) is 6. The van der Waals surface area contributed by atoms with Gasteiger partial charge < -0.3 is 24.3 Å². The van der Waals surface area contributed by atoms with Gasteiger partial charge in [0.1, 0.15) is 23.5 Å².